The van der Waals surface area contributed by atoms with Gasteiger partial charge in [0.15, 0.2) is 5.79 Å². The summed E-state index contributed by atoms with van der Waals surface area (Å²) in [5, 5.41) is 0. The van der Waals surface area contributed by atoms with Gasteiger partial charge in [0, 0.05) is 25.9 Å². The first kappa shape index (κ1) is 14.0. The van der Waals surface area contributed by atoms with Gasteiger partial charge in [-0.25, -0.2) is 8.42 Å². The summed E-state index contributed by atoms with van der Waals surface area (Å²) in [6, 6.07) is 7.03. The molecular weight excluding hydrogens is 278 g/mol. The largest absolute Gasteiger partial charge is 0.347 e. The van der Waals surface area contributed by atoms with E-state index < -0.39 is 15.8 Å². The number of benzene rings is 1. The van der Waals surface area contributed by atoms with Crippen molar-refractivity contribution in [2.24, 2.45) is 0 Å². The highest BCUT2D eigenvalue weighted by molar-refractivity contribution is 7.89. The van der Waals surface area contributed by atoms with Crippen molar-refractivity contribution in [3.63, 3.8) is 0 Å². The minimum absolute atomic E-state index is 0.363. The highest BCUT2D eigenvalue weighted by atomic mass is 32.2. The first-order valence-electron chi connectivity index (χ1n) is 6.87. The second-order valence-electron chi connectivity index (χ2n) is 5.33. The zero-order valence-corrected chi connectivity index (χ0v) is 12.4. The van der Waals surface area contributed by atoms with Gasteiger partial charge in [0.1, 0.15) is 0 Å². The van der Waals surface area contributed by atoms with E-state index in [4.69, 9.17) is 9.47 Å². The normalized spacial score (nSPS) is 23.2. The van der Waals surface area contributed by atoms with Gasteiger partial charge in [-0.1, -0.05) is 12.1 Å². The van der Waals surface area contributed by atoms with Crippen LogP contribution in [-0.4, -0.2) is 44.8 Å². The zero-order chi connectivity index (χ0) is 14.2. The van der Waals surface area contributed by atoms with Crippen LogP contribution in [0.25, 0.3) is 0 Å². The SMILES string of the molecule is Cc1cccc(S(=O)(=O)N2CCC3(CC2)OCCO3)c1. The van der Waals surface area contributed by atoms with Gasteiger partial charge >= 0.3 is 0 Å². The van der Waals surface area contributed by atoms with Gasteiger partial charge in [0.05, 0.1) is 18.1 Å². The summed E-state index contributed by atoms with van der Waals surface area (Å²) in [6.07, 6.45) is 1.19. The second kappa shape index (κ2) is 5.11. The molecule has 110 valence electrons. The van der Waals surface area contributed by atoms with Crippen molar-refractivity contribution in [3.8, 4) is 0 Å². The van der Waals surface area contributed by atoms with Gasteiger partial charge in [-0.15, -0.1) is 0 Å². The minimum Gasteiger partial charge on any atom is -0.347 e. The standard InChI is InChI=1S/C14H19NO4S/c1-12-3-2-4-13(11-12)20(16,17)15-7-5-14(6-8-15)18-9-10-19-14/h2-4,11H,5-10H2,1H3. The Kier molecular flexibility index (Phi) is 3.58. The molecular formula is C14H19NO4S. The molecule has 0 amide bonds. The maximum Gasteiger partial charge on any atom is 0.243 e. The number of aryl methyl sites for hydroxylation is 1. The minimum atomic E-state index is -3.41. The third kappa shape index (κ3) is 2.48. The van der Waals surface area contributed by atoms with Crippen molar-refractivity contribution in [1.29, 1.82) is 0 Å². The molecule has 2 aliphatic heterocycles. The molecule has 0 bridgehead atoms. The molecule has 2 aliphatic rings. The van der Waals surface area contributed by atoms with Gasteiger partial charge < -0.3 is 9.47 Å². The molecule has 0 atom stereocenters. The monoisotopic (exact) mass is 297 g/mol. The number of piperidine rings is 1. The summed E-state index contributed by atoms with van der Waals surface area (Å²) in [5.74, 6) is -0.543. The summed E-state index contributed by atoms with van der Waals surface area (Å²) in [4.78, 5) is 0.363. The van der Waals surface area contributed by atoms with E-state index in [1.165, 1.54) is 4.31 Å². The predicted octanol–water partition coefficient (Wildman–Crippen LogP) is 1.52. The van der Waals surface area contributed by atoms with Crippen molar-refractivity contribution in [3.05, 3.63) is 29.8 Å². The number of nitrogens with zero attached hydrogens (tertiary/aromatic N) is 1. The molecule has 0 saturated carbocycles. The highest BCUT2D eigenvalue weighted by Crippen LogP contribution is 2.33. The van der Waals surface area contributed by atoms with Crippen molar-refractivity contribution in [2.45, 2.75) is 30.4 Å². The molecule has 1 aromatic rings. The predicted molar refractivity (Wildman–Crippen MR) is 73.8 cm³/mol. The summed E-state index contributed by atoms with van der Waals surface area (Å²) < 4.78 is 37.9. The van der Waals surface area contributed by atoms with E-state index in [1.54, 1.807) is 18.2 Å². The Bertz CT molecular complexity index is 583. The molecule has 20 heavy (non-hydrogen) atoms. The van der Waals surface area contributed by atoms with E-state index in [9.17, 15) is 8.42 Å². The van der Waals surface area contributed by atoms with Crippen LogP contribution in [0.2, 0.25) is 0 Å². The Morgan fingerprint density at radius 3 is 2.40 bits per heavy atom. The molecule has 0 aliphatic carbocycles. The topological polar surface area (TPSA) is 55.8 Å². The second-order valence-corrected chi connectivity index (χ2v) is 7.27. The molecule has 0 aromatic heterocycles. The van der Waals surface area contributed by atoms with Crippen LogP contribution in [0.4, 0.5) is 0 Å². The quantitative estimate of drug-likeness (QED) is 0.830. The maximum atomic E-state index is 12.6. The van der Waals surface area contributed by atoms with E-state index in [2.05, 4.69) is 0 Å². The van der Waals surface area contributed by atoms with Crippen LogP contribution in [0, 0.1) is 6.92 Å². The summed E-state index contributed by atoms with van der Waals surface area (Å²) in [5.41, 5.74) is 0.946. The lowest BCUT2D eigenvalue weighted by atomic mass is 10.1. The van der Waals surface area contributed by atoms with E-state index in [0.717, 1.165) is 5.56 Å². The molecule has 1 spiro atoms. The molecule has 5 nitrogen and oxygen atoms in total. The average Bonchev–Trinajstić information content (AvgIpc) is 2.87. The van der Waals surface area contributed by atoms with Gasteiger partial charge in [-0.05, 0) is 24.6 Å². The van der Waals surface area contributed by atoms with E-state index in [1.807, 2.05) is 13.0 Å². The Labute approximate surface area is 119 Å². The zero-order valence-electron chi connectivity index (χ0n) is 11.5. The fourth-order valence-electron chi connectivity index (χ4n) is 2.78. The van der Waals surface area contributed by atoms with Crippen LogP contribution in [-0.2, 0) is 19.5 Å². The van der Waals surface area contributed by atoms with Crippen LogP contribution in [0.15, 0.2) is 29.2 Å². The first-order chi connectivity index (χ1) is 9.52. The molecule has 2 heterocycles. The highest BCUT2D eigenvalue weighted by Gasteiger charge is 2.42. The van der Waals surface area contributed by atoms with E-state index in [-0.39, 0.29) is 0 Å². The molecule has 1 aromatic carbocycles. The molecule has 0 radical (unpaired) electrons. The van der Waals surface area contributed by atoms with Crippen molar-refractivity contribution >= 4 is 10.0 Å². The van der Waals surface area contributed by atoms with Crippen LogP contribution in [0.1, 0.15) is 18.4 Å². The van der Waals surface area contributed by atoms with Crippen LogP contribution in [0.5, 0.6) is 0 Å². The van der Waals surface area contributed by atoms with Crippen LogP contribution in [0.3, 0.4) is 0 Å². The maximum absolute atomic E-state index is 12.6. The van der Waals surface area contributed by atoms with Crippen molar-refractivity contribution < 1.29 is 17.9 Å². The molecule has 3 rings (SSSR count). The van der Waals surface area contributed by atoms with E-state index >= 15 is 0 Å². The Hall–Kier alpha value is -0.950. The Balaban J connectivity index is 1.77. The third-order valence-corrected chi connectivity index (χ3v) is 5.82. The van der Waals surface area contributed by atoms with Gasteiger partial charge in [0.25, 0.3) is 0 Å². The fraction of sp³-hybridized carbons (Fsp3) is 0.571. The molecule has 0 N–H and O–H groups in total. The van der Waals surface area contributed by atoms with Crippen LogP contribution < -0.4 is 0 Å². The summed E-state index contributed by atoms with van der Waals surface area (Å²) in [7, 11) is -3.41. The van der Waals surface area contributed by atoms with Crippen LogP contribution >= 0.6 is 0 Å². The van der Waals surface area contributed by atoms with E-state index in [0.29, 0.717) is 44.0 Å². The van der Waals surface area contributed by atoms with Crippen molar-refractivity contribution in [2.75, 3.05) is 26.3 Å². The first-order valence-corrected chi connectivity index (χ1v) is 8.31. The number of rotatable bonds is 2. The Morgan fingerprint density at radius 1 is 1.15 bits per heavy atom. The lowest BCUT2D eigenvalue weighted by molar-refractivity contribution is -0.179. The fourth-order valence-corrected chi connectivity index (χ4v) is 4.32. The Morgan fingerprint density at radius 2 is 1.80 bits per heavy atom. The number of ether oxygens (including phenoxy) is 2. The molecule has 6 heteroatoms. The molecule has 2 fully saturated rings. The summed E-state index contributed by atoms with van der Waals surface area (Å²) in [6.45, 7) is 3.98. The molecule has 0 unspecified atom stereocenters. The van der Waals surface area contributed by atoms with Crippen molar-refractivity contribution in [1.82, 2.24) is 4.31 Å². The smallest absolute Gasteiger partial charge is 0.243 e. The lowest BCUT2D eigenvalue weighted by Crippen LogP contribution is -2.47. The van der Waals surface area contributed by atoms with Gasteiger partial charge in [-0.2, -0.15) is 4.31 Å². The lowest BCUT2D eigenvalue weighted by Gasteiger charge is -2.36. The van der Waals surface area contributed by atoms with Gasteiger partial charge in [0.2, 0.25) is 10.0 Å². The number of hydrogen-bond acceptors (Lipinski definition) is 4. The number of hydrogen-bond donors (Lipinski definition) is 0. The molecule has 2 saturated heterocycles. The third-order valence-electron chi connectivity index (χ3n) is 3.93. The van der Waals surface area contributed by atoms with Gasteiger partial charge in [-0.3, -0.25) is 0 Å². The summed E-state index contributed by atoms with van der Waals surface area (Å²) >= 11 is 0. The average molecular weight is 297 g/mol. The number of sulfonamides is 1.